The maximum atomic E-state index is 12.2. The molecule has 2 rings (SSSR count). The molecule has 0 bridgehead atoms. The average Bonchev–Trinajstić information content (AvgIpc) is 2.81. The Hall–Kier alpha value is -0.970. The Labute approximate surface area is 119 Å². The fourth-order valence-electron chi connectivity index (χ4n) is 1.44. The van der Waals surface area contributed by atoms with Crippen molar-refractivity contribution in [2.75, 3.05) is 0 Å². The predicted molar refractivity (Wildman–Crippen MR) is 74.7 cm³/mol. The number of imidazole rings is 1. The van der Waals surface area contributed by atoms with Gasteiger partial charge in [-0.3, -0.25) is 4.79 Å². The molecule has 2 aromatic rings. The second-order valence-electron chi connectivity index (χ2n) is 3.64. The molecular formula is C12H10Cl2N2OS. The molecule has 0 aliphatic heterocycles. The number of halogens is 2. The molecule has 0 spiro atoms. The molecule has 18 heavy (non-hydrogen) atoms. The molecule has 0 amide bonds. The molecule has 0 radical (unpaired) electrons. The van der Waals surface area contributed by atoms with E-state index < -0.39 is 0 Å². The maximum absolute atomic E-state index is 12.2. The summed E-state index contributed by atoms with van der Waals surface area (Å²) in [6.07, 6.45) is 3.36. The molecule has 94 valence electrons. The van der Waals surface area contributed by atoms with Crippen molar-refractivity contribution in [2.45, 2.75) is 17.3 Å². The third kappa shape index (κ3) is 3.07. The Kier molecular flexibility index (Phi) is 4.32. The number of nitrogens with zero attached hydrogens (tertiary/aromatic N) is 1. The number of H-pyrrole nitrogens is 1. The molecule has 0 aliphatic rings. The highest BCUT2D eigenvalue weighted by Crippen LogP contribution is 2.27. The summed E-state index contributed by atoms with van der Waals surface area (Å²) in [6.45, 7) is 1.82. The van der Waals surface area contributed by atoms with Gasteiger partial charge in [-0.05, 0) is 25.1 Å². The molecule has 3 nitrogen and oxygen atoms in total. The van der Waals surface area contributed by atoms with E-state index >= 15 is 0 Å². The van der Waals surface area contributed by atoms with Crippen molar-refractivity contribution in [3.8, 4) is 0 Å². The average molecular weight is 301 g/mol. The highest BCUT2D eigenvalue weighted by Gasteiger charge is 2.19. The van der Waals surface area contributed by atoms with Gasteiger partial charge in [0.25, 0.3) is 0 Å². The fourth-order valence-corrected chi connectivity index (χ4v) is 2.77. The van der Waals surface area contributed by atoms with Gasteiger partial charge >= 0.3 is 0 Å². The minimum atomic E-state index is -0.269. The van der Waals surface area contributed by atoms with Gasteiger partial charge in [0, 0.05) is 23.0 Å². The van der Waals surface area contributed by atoms with E-state index in [0.29, 0.717) is 20.8 Å². The first-order chi connectivity index (χ1) is 8.58. The summed E-state index contributed by atoms with van der Waals surface area (Å²) in [5, 5.41) is 1.33. The lowest BCUT2D eigenvalue weighted by atomic mass is 10.1. The number of rotatable bonds is 4. The van der Waals surface area contributed by atoms with Gasteiger partial charge in [-0.2, -0.15) is 0 Å². The largest absolute Gasteiger partial charge is 0.340 e. The number of aromatic amines is 1. The molecule has 1 aromatic heterocycles. The predicted octanol–water partition coefficient (Wildman–Crippen LogP) is 4.08. The lowest BCUT2D eigenvalue weighted by Gasteiger charge is -2.09. The van der Waals surface area contributed by atoms with Gasteiger partial charge in [0.05, 0.1) is 10.3 Å². The Bertz CT molecular complexity index is 557. The Balaban J connectivity index is 2.15. The smallest absolute Gasteiger partial charge is 0.177 e. The molecular weight excluding hydrogens is 291 g/mol. The van der Waals surface area contributed by atoms with Gasteiger partial charge in [-0.25, -0.2) is 4.98 Å². The topological polar surface area (TPSA) is 45.8 Å². The number of hydrogen-bond donors (Lipinski definition) is 1. The number of thioether (sulfide) groups is 1. The van der Waals surface area contributed by atoms with Crippen LogP contribution in [0.1, 0.15) is 17.3 Å². The molecule has 6 heteroatoms. The van der Waals surface area contributed by atoms with Crippen molar-refractivity contribution >= 4 is 40.7 Å². The second kappa shape index (κ2) is 5.78. The Morgan fingerprint density at radius 1 is 1.44 bits per heavy atom. The summed E-state index contributed by atoms with van der Waals surface area (Å²) in [5.41, 5.74) is 0.479. The normalized spacial score (nSPS) is 12.4. The zero-order valence-electron chi connectivity index (χ0n) is 9.48. The summed E-state index contributed by atoms with van der Waals surface area (Å²) < 4.78 is 0. The van der Waals surface area contributed by atoms with Crippen LogP contribution < -0.4 is 0 Å². The summed E-state index contributed by atoms with van der Waals surface area (Å²) in [4.78, 5) is 19.2. The van der Waals surface area contributed by atoms with Crippen LogP contribution in [0.2, 0.25) is 10.0 Å². The molecule has 1 unspecified atom stereocenters. The van der Waals surface area contributed by atoms with Crippen LogP contribution in [-0.2, 0) is 0 Å². The van der Waals surface area contributed by atoms with Crippen LogP contribution >= 0.6 is 35.0 Å². The highest BCUT2D eigenvalue weighted by atomic mass is 35.5. The van der Waals surface area contributed by atoms with Crippen molar-refractivity contribution in [3.05, 3.63) is 46.2 Å². The number of aromatic nitrogens is 2. The zero-order valence-corrected chi connectivity index (χ0v) is 11.8. The first-order valence-electron chi connectivity index (χ1n) is 5.23. The summed E-state index contributed by atoms with van der Waals surface area (Å²) >= 11 is 13.2. The standard InChI is InChI=1S/C12H10Cl2N2OS/c1-7(18-12-15-4-5-16-12)11(17)9-3-2-8(13)6-10(9)14/h2-7H,1H3,(H,15,16). The fraction of sp³-hybridized carbons (Fsp3) is 0.167. The summed E-state index contributed by atoms with van der Waals surface area (Å²) in [6, 6.07) is 4.87. The molecule has 1 atom stereocenters. The third-order valence-corrected chi connectivity index (χ3v) is 3.89. The van der Waals surface area contributed by atoms with E-state index in [4.69, 9.17) is 23.2 Å². The van der Waals surface area contributed by atoms with Gasteiger partial charge in [0.2, 0.25) is 0 Å². The monoisotopic (exact) mass is 300 g/mol. The molecule has 1 heterocycles. The minimum absolute atomic E-state index is 0.0435. The van der Waals surface area contributed by atoms with Crippen LogP contribution in [0.3, 0.4) is 0 Å². The lowest BCUT2D eigenvalue weighted by molar-refractivity contribution is 0.0994. The van der Waals surface area contributed by atoms with E-state index in [1.165, 1.54) is 11.8 Å². The van der Waals surface area contributed by atoms with Crippen LogP contribution in [-0.4, -0.2) is 21.0 Å². The molecule has 1 aromatic carbocycles. The van der Waals surface area contributed by atoms with Crippen LogP contribution in [0.5, 0.6) is 0 Å². The van der Waals surface area contributed by atoms with Gasteiger partial charge in [0.1, 0.15) is 0 Å². The van der Waals surface area contributed by atoms with Crippen LogP contribution in [0, 0.1) is 0 Å². The second-order valence-corrected chi connectivity index (χ2v) is 5.82. The Morgan fingerprint density at radius 2 is 2.22 bits per heavy atom. The number of hydrogen-bond acceptors (Lipinski definition) is 3. The molecule has 1 N–H and O–H groups in total. The van der Waals surface area contributed by atoms with Crippen molar-refractivity contribution < 1.29 is 4.79 Å². The van der Waals surface area contributed by atoms with Gasteiger partial charge in [-0.1, -0.05) is 35.0 Å². The molecule has 0 aliphatic carbocycles. The molecule has 0 fully saturated rings. The van der Waals surface area contributed by atoms with Crippen LogP contribution in [0.25, 0.3) is 0 Å². The SMILES string of the molecule is CC(Sc1ncc[nH]1)C(=O)c1ccc(Cl)cc1Cl. The van der Waals surface area contributed by atoms with Crippen molar-refractivity contribution in [1.82, 2.24) is 9.97 Å². The van der Waals surface area contributed by atoms with Crippen molar-refractivity contribution in [3.63, 3.8) is 0 Å². The van der Waals surface area contributed by atoms with E-state index in [1.54, 1.807) is 30.6 Å². The van der Waals surface area contributed by atoms with Gasteiger partial charge < -0.3 is 4.98 Å². The molecule has 0 saturated heterocycles. The third-order valence-electron chi connectivity index (χ3n) is 2.33. The number of nitrogens with one attached hydrogen (secondary N) is 1. The highest BCUT2D eigenvalue weighted by molar-refractivity contribution is 8.00. The van der Waals surface area contributed by atoms with Crippen molar-refractivity contribution in [1.29, 1.82) is 0 Å². The minimum Gasteiger partial charge on any atom is -0.340 e. The van der Waals surface area contributed by atoms with Gasteiger partial charge in [0.15, 0.2) is 10.9 Å². The number of benzene rings is 1. The lowest BCUT2D eigenvalue weighted by Crippen LogP contribution is -2.14. The number of carbonyl (C=O) groups is 1. The van der Waals surface area contributed by atoms with Gasteiger partial charge in [-0.15, -0.1) is 0 Å². The van der Waals surface area contributed by atoms with E-state index in [-0.39, 0.29) is 11.0 Å². The van der Waals surface area contributed by atoms with E-state index in [9.17, 15) is 4.79 Å². The van der Waals surface area contributed by atoms with E-state index in [1.807, 2.05) is 6.92 Å². The first-order valence-corrected chi connectivity index (χ1v) is 6.87. The Morgan fingerprint density at radius 3 is 2.83 bits per heavy atom. The van der Waals surface area contributed by atoms with E-state index in [2.05, 4.69) is 9.97 Å². The number of Topliss-reactive ketones (excluding diaryl/α,β-unsaturated/α-hetero) is 1. The number of carbonyl (C=O) groups excluding carboxylic acids is 1. The first kappa shape index (κ1) is 13.5. The van der Waals surface area contributed by atoms with Crippen LogP contribution in [0.4, 0.5) is 0 Å². The summed E-state index contributed by atoms with van der Waals surface area (Å²) in [7, 11) is 0. The quantitative estimate of drug-likeness (QED) is 0.683. The number of ketones is 1. The molecule has 0 saturated carbocycles. The zero-order chi connectivity index (χ0) is 13.1. The van der Waals surface area contributed by atoms with Crippen LogP contribution in [0.15, 0.2) is 35.7 Å². The van der Waals surface area contributed by atoms with E-state index in [0.717, 1.165) is 0 Å². The maximum Gasteiger partial charge on any atom is 0.177 e. The van der Waals surface area contributed by atoms with Crippen molar-refractivity contribution in [2.24, 2.45) is 0 Å². The summed E-state index contributed by atoms with van der Waals surface area (Å²) in [5.74, 6) is -0.0435.